The van der Waals surface area contributed by atoms with Crippen molar-refractivity contribution < 1.29 is 13.9 Å². The number of hydrogen-bond donors (Lipinski definition) is 0. The Balaban J connectivity index is 1.74. The largest absolute Gasteiger partial charge is 0.426 e. The summed E-state index contributed by atoms with van der Waals surface area (Å²) in [5.74, 6) is -0.437. The lowest BCUT2D eigenvalue weighted by Crippen LogP contribution is -2.25. The summed E-state index contributed by atoms with van der Waals surface area (Å²) in [6, 6.07) is 9.32. The molecule has 1 saturated carbocycles. The van der Waals surface area contributed by atoms with Crippen molar-refractivity contribution in [2.24, 2.45) is 11.8 Å². The lowest BCUT2D eigenvalue weighted by atomic mass is 9.82. The SMILES string of the molecule is CCCCCCCc1ccc(OC(=O)C2CCC(C=C(F)C#N)CC2)cc1. The van der Waals surface area contributed by atoms with Gasteiger partial charge in [-0.1, -0.05) is 44.7 Å². The van der Waals surface area contributed by atoms with Crippen LogP contribution in [0.2, 0.25) is 0 Å². The fourth-order valence-electron chi connectivity index (χ4n) is 3.62. The van der Waals surface area contributed by atoms with Crippen LogP contribution in [-0.4, -0.2) is 5.97 Å². The van der Waals surface area contributed by atoms with Crippen LogP contribution in [0.15, 0.2) is 36.2 Å². The molecule has 4 heteroatoms. The van der Waals surface area contributed by atoms with Gasteiger partial charge in [0.1, 0.15) is 11.8 Å². The summed E-state index contributed by atoms with van der Waals surface area (Å²) in [5.41, 5.74) is 1.28. The molecule has 0 N–H and O–H groups in total. The molecule has 0 unspecified atom stereocenters. The molecule has 3 nitrogen and oxygen atoms in total. The number of aryl methyl sites for hydroxylation is 1. The first-order valence-electron chi connectivity index (χ1n) is 10.2. The molecule has 0 bridgehead atoms. The number of esters is 1. The monoisotopic (exact) mass is 371 g/mol. The van der Waals surface area contributed by atoms with Crippen LogP contribution in [0.25, 0.3) is 0 Å². The van der Waals surface area contributed by atoms with Crippen molar-refractivity contribution in [3.63, 3.8) is 0 Å². The molecule has 0 aromatic heterocycles. The van der Waals surface area contributed by atoms with Gasteiger partial charge >= 0.3 is 5.97 Å². The van der Waals surface area contributed by atoms with Gasteiger partial charge in [-0.2, -0.15) is 9.65 Å². The molecule has 1 aliphatic carbocycles. The minimum absolute atomic E-state index is 0.0466. The summed E-state index contributed by atoms with van der Waals surface area (Å²) in [4.78, 5) is 12.3. The van der Waals surface area contributed by atoms with Gasteiger partial charge in [0, 0.05) is 0 Å². The maximum Gasteiger partial charge on any atom is 0.314 e. The standard InChI is InChI=1S/C23H30FNO2/c1-2-3-4-5-6-7-18-10-14-22(15-11-18)27-23(26)20-12-8-19(9-13-20)16-21(24)17-25/h10-11,14-16,19-20H,2-9,12-13H2,1H3. The maximum absolute atomic E-state index is 13.0. The highest BCUT2D eigenvalue weighted by atomic mass is 19.1. The summed E-state index contributed by atoms with van der Waals surface area (Å²) in [5, 5.41) is 8.50. The molecule has 0 spiro atoms. The predicted octanol–water partition coefficient (Wildman–Crippen LogP) is 6.29. The van der Waals surface area contributed by atoms with E-state index >= 15 is 0 Å². The highest BCUT2D eigenvalue weighted by Crippen LogP contribution is 2.31. The van der Waals surface area contributed by atoms with E-state index in [1.54, 1.807) is 0 Å². The van der Waals surface area contributed by atoms with E-state index in [4.69, 9.17) is 10.00 Å². The number of hydrogen-bond acceptors (Lipinski definition) is 3. The number of carbonyl (C=O) groups excluding carboxylic acids is 1. The minimum atomic E-state index is -0.730. The van der Waals surface area contributed by atoms with E-state index in [1.807, 2.05) is 24.3 Å². The Morgan fingerprint density at radius 1 is 1.15 bits per heavy atom. The van der Waals surface area contributed by atoms with E-state index in [1.165, 1.54) is 49.8 Å². The zero-order valence-corrected chi connectivity index (χ0v) is 16.3. The molecule has 1 fully saturated rings. The third-order valence-corrected chi connectivity index (χ3v) is 5.30. The van der Waals surface area contributed by atoms with Crippen molar-refractivity contribution in [3.8, 4) is 11.8 Å². The van der Waals surface area contributed by atoms with E-state index in [9.17, 15) is 9.18 Å². The van der Waals surface area contributed by atoms with E-state index in [2.05, 4.69) is 6.92 Å². The molecule has 2 rings (SSSR count). The van der Waals surface area contributed by atoms with Crippen molar-refractivity contribution in [1.29, 1.82) is 5.26 Å². The van der Waals surface area contributed by atoms with E-state index in [0.29, 0.717) is 31.4 Å². The van der Waals surface area contributed by atoms with Crippen molar-refractivity contribution in [3.05, 3.63) is 41.7 Å². The number of nitrogens with zero attached hydrogens (tertiary/aromatic N) is 1. The Kier molecular flexibility index (Phi) is 9.04. The third kappa shape index (κ3) is 7.54. The molecule has 0 aliphatic heterocycles. The van der Waals surface area contributed by atoms with Gasteiger partial charge in [-0.05, 0) is 68.2 Å². The molecule has 0 amide bonds. The first-order chi connectivity index (χ1) is 13.1. The Labute approximate surface area is 162 Å². The Hall–Kier alpha value is -2.15. The number of carbonyl (C=O) groups is 1. The number of allylic oxidation sites excluding steroid dienone is 2. The van der Waals surface area contributed by atoms with Crippen LogP contribution in [0.4, 0.5) is 4.39 Å². The van der Waals surface area contributed by atoms with Crippen LogP contribution in [0, 0.1) is 23.2 Å². The number of rotatable bonds is 9. The van der Waals surface area contributed by atoms with E-state index in [-0.39, 0.29) is 17.8 Å². The summed E-state index contributed by atoms with van der Waals surface area (Å²) in [6.45, 7) is 2.22. The number of ether oxygens (including phenoxy) is 1. The third-order valence-electron chi connectivity index (χ3n) is 5.30. The van der Waals surface area contributed by atoms with Gasteiger partial charge in [0.15, 0.2) is 5.83 Å². The van der Waals surface area contributed by atoms with E-state index in [0.717, 1.165) is 6.42 Å². The topological polar surface area (TPSA) is 50.1 Å². The van der Waals surface area contributed by atoms with E-state index < -0.39 is 5.83 Å². The van der Waals surface area contributed by atoms with Crippen LogP contribution in [0.1, 0.15) is 70.3 Å². The molecule has 0 heterocycles. The summed E-state index contributed by atoms with van der Waals surface area (Å²) >= 11 is 0. The summed E-state index contributed by atoms with van der Waals surface area (Å²) in [7, 11) is 0. The quantitative estimate of drug-likeness (QED) is 0.222. The van der Waals surface area contributed by atoms with Crippen molar-refractivity contribution >= 4 is 5.97 Å². The van der Waals surface area contributed by atoms with Crippen LogP contribution in [-0.2, 0) is 11.2 Å². The van der Waals surface area contributed by atoms with Gasteiger partial charge in [-0.15, -0.1) is 0 Å². The van der Waals surface area contributed by atoms with Crippen molar-refractivity contribution in [1.82, 2.24) is 0 Å². The molecular weight excluding hydrogens is 341 g/mol. The average Bonchev–Trinajstić information content (AvgIpc) is 2.69. The van der Waals surface area contributed by atoms with Gasteiger partial charge in [0.05, 0.1) is 5.92 Å². The van der Waals surface area contributed by atoms with Crippen LogP contribution < -0.4 is 4.74 Å². The molecule has 27 heavy (non-hydrogen) atoms. The Morgan fingerprint density at radius 3 is 2.44 bits per heavy atom. The molecule has 1 aromatic carbocycles. The van der Waals surface area contributed by atoms with Gasteiger partial charge in [0.25, 0.3) is 0 Å². The second kappa shape index (κ2) is 11.5. The second-order valence-electron chi connectivity index (χ2n) is 7.47. The maximum atomic E-state index is 13.0. The number of nitriles is 1. The zero-order valence-electron chi connectivity index (χ0n) is 16.3. The van der Waals surface area contributed by atoms with Gasteiger partial charge in [-0.25, -0.2) is 0 Å². The fourth-order valence-corrected chi connectivity index (χ4v) is 3.62. The average molecular weight is 371 g/mol. The Bertz CT molecular complexity index is 652. The molecule has 146 valence electrons. The lowest BCUT2D eigenvalue weighted by molar-refractivity contribution is -0.140. The molecule has 1 aromatic rings. The minimum Gasteiger partial charge on any atom is -0.426 e. The normalized spacial score (nSPS) is 20.1. The molecule has 0 atom stereocenters. The Morgan fingerprint density at radius 2 is 1.81 bits per heavy atom. The number of benzene rings is 1. The molecule has 1 aliphatic rings. The molecular formula is C23H30FNO2. The first-order valence-corrected chi connectivity index (χ1v) is 10.2. The summed E-state index contributed by atoms with van der Waals surface area (Å²) in [6.07, 6.45) is 11.5. The van der Waals surface area contributed by atoms with Crippen molar-refractivity contribution in [2.45, 2.75) is 71.1 Å². The second-order valence-corrected chi connectivity index (χ2v) is 7.47. The first kappa shape index (κ1) is 21.2. The number of unbranched alkanes of at least 4 members (excludes halogenated alkanes) is 4. The summed E-state index contributed by atoms with van der Waals surface area (Å²) < 4.78 is 18.6. The molecule has 0 saturated heterocycles. The molecule has 0 radical (unpaired) electrons. The van der Waals surface area contributed by atoms with Gasteiger partial charge in [0.2, 0.25) is 0 Å². The highest BCUT2D eigenvalue weighted by Gasteiger charge is 2.27. The van der Waals surface area contributed by atoms with Crippen LogP contribution in [0.3, 0.4) is 0 Å². The van der Waals surface area contributed by atoms with Crippen LogP contribution in [0.5, 0.6) is 5.75 Å². The smallest absolute Gasteiger partial charge is 0.314 e. The lowest BCUT2D eigenvalue weighted by Gasteiger charge is -2.25. The van der Waals surface area contributed by atoms with Gasteiger partial charge < -0.3 is 4.74 Å². The van der Waals surface area contributed by atoms with Gasteiger partial charge in [-0.3, -0.25) is 4.79 Å². The highest BCUT2D eigenvalue weighted by molar-refractivity contribution is 5.75. The van der Waals surface area contributed by atoms with Crippen molar-refractivity contribution in [2.75, 3.05) is 0 Å². The van der Waals surface area contributed by atoms with Crippen LogP contribution >= 0.6 is 0 Å². The zero-order chi connectivity index (χ0) is 19.5. The predicted molar refractivity (Wildman–Crippen MR) is 105 cm³/mol. The fraction of sp³-hybridized carbons (Fsp3) is 0.565. The number of halogens is 1.